The monoisotopic (exact) mass is 289 g/mol. The quantitative estimate of drug-likeness (QED) is 0.600. The van der Waals surface area contributed by atoms with Gasteiger partial charge in [-0.15, -0.1) is 0 Å². The molecule has 113 valence electrons. The van der Waals surface area contributed by atoms with Gasteiger partial charge in [-0.1, -0.05) is 74.7 Å². The van der Waals surface area contributed by atoms with Gasteiger partial charge >= 0.3 is 0 Å². The Morgan fingerprint density at radius 3 is 2.36 bits per heavy atom. The van der Waals surface area contributed by atoms with E-state index in [1.165, 1.54) is 58.2 Å². The predicted molar refractivity (Wildman–Crippen MR) is 96.9 cm³/mol. The van der Waals surface area contributed by atoms with Crippen molar-refractivity contribution in [2.75, 3.05) is 0 Å². The molecule has 0 saturated heterocycles. The van der Waals surface area contributed by atoms with Crippen LogP contribution in [0.1, 0.15) is 55.4 Å². The van der Waals surface area contributed by atoms with Gasteiger partial charge in [-0.2, -0.15) is 0 Å². The van der Waals surface area contributed by atoms with E-state index >= 15 is 0 Å². The Balaban J connectivity index is 2.19. The van der Waals surface area contributed by atoms with Crippen LogP contribution in [0.3, 0.4) is 0 Å². The molecule has 0 unspecified atom stereocenters. The van der Waals surface area contributed by atoms with Crippen LogP contribution < -0.4 is 0 Å². The minimum absolute atomic E-state index is 1.15. The highest BCUT2D eigenvalue weighted by molar-refractivity contribution is 5.86. The lowest BCUT2D eigenvalue weighted by Gasteiger charge is -2.16. The second kappa shape index (κ2) is 6.52. The van der Waals surface area contributed by atoms with E-state index in [1.807, 2.05) is 0 Å². The molecule has 0 heteroatoms. The molecule has 0 amide bonds. The van der Waals surface area contributed by atoms with Crippen molar-refractivity contribution in [1.82, 2.24) is 0 Å². The molecule has 0 aliphatic heterocycles. The molecule has 1 aliphatic rings. The number of allylic oxidation sites excluding steroid dienone is 1. The van der Waals surface area contributed by atoms with Crippen molar-refractivity contribution in [3.63, 3.8) is 0 Å². The summed E-state index contributed by atoms with van der Waals surface area (Å²) >= 11 is 0. The summed E-state index contributed by atoms with van der Waals surface area (Å²) in [6.45, 7) is 6.74. The van der Waals surface area contributed by atoms with Crippen LogP contribution >= 0.6 is 0 Å². The van der Waals surface area contributed by atoms with E-state index < -0.39 is 0 Å². The number of hydrogen-bond donors (Lipinski definition) is 0. The van der Waals surface area contributed by atoms with E-state index in [1.54, 1.807) is 0 Å². The fourth-order valence-electron chi connectivity index (χ4n) is 3.47. The van der Waals surface area contributed by atoms with Gasteiger partial charge in [0.2, 0.25) is 0 Å². The van der Waals surface area contributed by atoms with Crippen LogP contribution in [-0.2, 0) is 6.42 Å². The molecule has 0 fully saturated rings. The van der Waals surface area contributed by atoms with Gasteiger partial charge in [0.05, 0.1) is 0 Å². The average molecular weight is 289 g/mol. The molecule has 2 aromatic carbocycles. The summed E-state index contributed by atoms with van der Waals surface area (Å²) in [6, 6.07) is 13.4. The first-order chi connectivity index (χ1) is 10.7. The maximum atomic E-state index is 2.42. The highest BCUT2D eigenvalue weighted by atomic mass is 14.2. The third-order valence-electron chi connectivity index (χ3n) is 4.51. The number of fused-ring (bicyclic) bond motifs is 1. The number of aryl methyl sites for hydroxylation is 2. The lowest BCUT2D eigenvalue weighted by Crippen LogP contribution is -1.96. The maximum absolute atomic E-state index is 2.42. The van der Waals surface area contributed by atoms with Gasteiger partial charge in [-0.25, -0.2) is 0 Å². The number of hydrogen-bond acceptors (Lipinski definition) is 0. The van der Waals surface area contributed by atoms with Crippen LogP contribution in [0.15, 0.2) is 42.0 Å². The van der Waals surface area contributed by atoms with Gasteiger partial charge in [0, 0.05) is 6.42 Å². The topological polar surface area (TPSA) is 0 Å². The molecular formula is C22H25. The van der Waals surface area contributed by atoms with E-state index in [0.29, 0.717) is 0 Å². The Morgan fingerprint density at radius 1 is 0.864 bits per heavy atom. The molecule has 0 aromatic heterocycles. The molecule has 2 aromatic rings. The van der Waals surface area contributed by atoms with E-state index in [2.05, 4.69) is 69.7 Å². The van der Waals surface area contributed by atoms with E-state index in [4.69, 9.17) is 0 Å². The first-order valence-corrected chi connectivity index (χ1v) is 8.51. The van der Waals surface area contributed by atoms with E-state index in [0.717, 1.165) is 6.42 Å². The highest BCUT2D eigenvalue weighted by Crippen LogP contribution is 2.40. The second-order valence-corrected chi connectivity index (χ2v) is 6.28. The van der Waals surface area contributed by atoms with Crippen molar-refractivity contribution in [3.05, 3.63) is 70.6 Å². The Morgan fingerprint density at radius 2 is 1.64 bits per heavy atom. The van der Waals surface area contributed by atoms with Crippen LogP contribution in [0, 0.1) is 13.3 Å². The van der Waals surface area contributed by atoms with E-state index in [-0.39, 0.29) is 0 Å². The molecule has 0 saturated carbocycles. The number of benzene rings is 2. The molecule has 0 spiro atoms. The Bertz CT molecular complexity index is 704. The lowest BCUT2D eigenvalue weighted by atomic mass is 9.88. The summed E-state index contributed by atoms with van der Waals surface area (Å²) in [7, 11) is 0. The van der Waals surface area contributed by atoms with E-state index in [9.17, 15) is 0 Å². The zero-order valence-corrected chi connectivity index (χ0v) is 13.9. The van der Waals surface area contributed by atoms with Gasteiger partial charge in [0.15, 0.2) is 0 Å². The molecule has 1 aliphatic carbocycles. The summed E-state index contributed by atoms with van der Waals surface area (Å²) in [5, 5.41) is 0. The SMILES string of the molecule is CCCC1=Cc2c(ccc(CCC)c2-c2ccccc2C)[CH]1. The zero-order valence-electron chi connectivity index (χ0n) is 13.9. The van der Waals surface area contributed by atoms with Crippen LogP contribution in [0.5, 0.6) is 0 Å². The van der Waals surface area contributed by atoms with Crippen molar-refractivity contribution in [3.8, 4) is 11.1 Å². The van der Waals surface area contributed by atoms with Gasteiger partial charge in [0.1, 0.15) is 0 Å². The highest BCUT2D eigenvalue weighted by Gasteiger charge is 2.20. The standard InChI is InChI=1S/C22H25/c1-4-8-17-14-19-13-12-18(9-5-2)22(21(19)15-17)20-11-7-6-10-16(20)3/h6-7,10-15H,4-5,8-9H2,1-3H3. The van der Waals surface area contributed by atoms with Crippen molar-refractivity contribution in [2.45, 2.75) is 46.5 Å². The molecule has 0 nitrogen and oxygen atoms in total. The summed E-state index contributed by atoms with van der Waals surface area (Å²) in [5.74, 6) is 0. The third-order valence-corrected chi connectivity index (χ3v) is 4.51. The predicted octanol–water partition coefficient (Wildman–Crippen LogP) is 6.36. The molecule has 3 rings (SSSR count). The smallest absolute Gasteiger partial charge is 0.0164 e. The Hall–Kier alpha value is -1.82. The molecule has 0 N–H and O–H groups in total. The first-order valence-electron chi connectivity index (χ1n) is 8.51. The summed E-state index contributed by atoms with van der Waals surface area (Å²) in [6.07, 6.45) is 9.50. The fraction of sp³-hybridized carbons (Fsp3) is 0.318. The average Bonchev–Trinajstić information content (AvgIpc) is 2.91. The third kappa shape index (κ3) is 2.75. The normalized spacial score (nSPS) is 13.1. The summed E-state index contributed by atoms with van der Waals surface area (Å²) in [4.78, 5) is 0. The maximum Gasteiger partial charge on any atom is 0.0164 e. The van der Waals surface area contributed by atoms with Crippen molar-refractivity contribution in [2.24, 2.45) is 0 Å². The molecule has 22 heavy (non-hydrogen) atoms. The Kier molecular flexibility index (Phi) is 4.47. The summed E-state index contributed by atoms with van der Waals surface area (Å²) < 4.78 is 0. The van der Waals surface area contributed by atoms with Crippen LogP contribution in [0.25, 0.3) is 17.2 Å². The van der Waals surface area contributed by atoms with Crippen LogP contribution in [0.4, 0.5) is 0 Å². The summed E-state index contributed by atoms with van der Waals surface area (Å²) in [5.41, 5.74) is 10.00. The molecule has 0 atom stereocenters. The second-order valence-electron chi connectivity index (χ2n) is 6.28. The molecule has 0 heterocycles. The van der Waals surface area contributed by atoms with Crippen molar-refractivity contribution in [1.29, 1.82) is 0 Å². The van der Waals surface area contributed by atoms with Gasteiger partial charge in [-0.3, -0.25) is 0 Å². The minimum atomic E-state index is 1.15. The van der Waals surface area contributed by atoms with Crippen molar-refractivity contribution >= 4 is 6.08 Å². The Labute approximate surface area is 134 Å². The molecule has 0 bridgehead atoms. The fourth-order valence-corrected chi connectivity index (χ4v) is 3.47. The zero-order chi connectivity index (χ0) is 15.5. The molecular weight excluding hydrogens is 264 g/mol. The first kappa shape index (κ1) is 15.1. The molecule has 1 radical (unpaired) electrons. The van der Waals surface area contributed by atoms with Crippen LogP contribution in [0.2, 0.25) is 0 Å². The van der Waals surface area contributed by atoms with Crippen molar-refractivity contribution < 1.29 is 0 Å². The lowest BCUT2D eigenvalue weighted by molar-refractivity contribution is 0.921. The van der Waals surface area contributed by atoms with Gasteiger partial charge in [0.25, 0.3) is 0 Å². The number of rotatable bonds is 5. The largest absolute Gasteiger partial charge is 0.0651 e. The van der Waals surface area contributed by atoms with Gasteiger partial charge in [-0.05, 0) is 53.1 Å². The van der Waals surface area contributed by atoms with Gasteiger partial charge < -0.3 is 0 Å². The minimum Gasteiger partial charge on any atom is -0.0651 e. The van der Waals surface area contributed by atoms with Crippen LogP contribution in [-0.4, -0.2) is 0 Å².